The molecule has 2 aromatic rings. The molecule has 1 atom stereocenters. The van der Waals surface area contributed by atoms with Crippen LogP contribution < -0.4 is 5.32 Å². The fourth-order valence-corrected chi connectivity index (χ4v) is 2.16. The summed E-state index contributed by atoms with van der Waals surface area (Å²) >= 11 is 0. The molecule has 2 rings (SSSR count). The fraction of sp³-hybridized carbons (Fsp3) is 0.250. The monoisotopic (exact) mass is 277 g/mol. The zero-order chi connectivity index (χ0) is 12.8. The summed E-state index contributed by atoms with van der Waals surface area (Å²) in [5.41, 5.74) is 3.59. The zero-order valence-electron chi connectivity index (χ0n) is 11.0. The van der Waals surface area contributed by atoms with Crippen molar-refractivity contribution in [2.24, 2.45) is 0 Å². The number of benzene rings is 2. The number of hydrogen-bond acceptors (Lipinski definition) is 2. The predicted octanol–water partition coefficient (Wildman–Crippen LogP) is 2.90. The molecule has 2 aromatic carbocycles. The quantitative estimate of drug-likeness (QED) is 0.881. The molecule has 0 unspecified atom stereocenters. The first-order valence-corrected chi connectivity index (χ1v) is 6.27. The Kier molecular flexibility index (Phi) is 6.57. The average molecular weight is 278 g/mol. The highest BCUT2D eigenvalue weighted by atomic mass is 35.5. The topological polar surface area (TPSA) is 32.3 Å². The zero-order valence-corrected chi connectivity index (χ0v) is 11.9. The van der Waals surface area contributed by atoms with Gasteiger partial charge in [0.1, 0.15) is 0 Å². The molecule has 2 N–H and O–H groups in total. The lowest BCUT2D eigenvalue weighted by molar-refractivity contribution is 0.175. The maximum absolute atomic E-state index is 9.91. The second-order valence-corrected chi connectivity index (χ2v) is 4.44. The van der Waals surface area contributed by atoms with E-state index >= 15 is 0 Å². The number of aliphatic hydroxyl groups is 1. The van der Waals surface area contributed by atoms with Gasteiger partial charge >= 0.3 is 0 Å². The first kappa shape index (κ1) is 15.7. The van der Waals surface area contributed by atoms with Crippen molar-refractivity contribution in [1.82, 2.24) is 5.32 Å². The van der Waals surface area contributed by atoms with Gasteiger partial charge in [0.2, 0.25) is 0 Å². The van der Waals surface area contributed by atoms with E-state index in [-0.39, 0.29) is 18.5 Å². The molecule has 19 heavy (non-hydrogen) atoms. The molecular weight excluding hydrogens is 258 g/mol. The molecule has 0 aliphatic rings. The minimum absolute atomic E-state index is 0. The Labute approximate surface area is 120 Å². The fourth-order valence-electron chi connectivity index (χ4n) is 2.16. The van der Waals surface area contributed by atoms with Gasteiger partial charge in [0.05, 0.1) is 6.10 Å². The van der Waals surface area contributed by atoms with Crippen molar-refractivity contribution in [3.63, 3.8) is 0 Å². The summed E-state index contributed by atoms with van der Waals surface area (Å²) in [7, 11) is 1.85. The number of halogens is 1. The van der Waals surface area contributed by atoms with E-state index in [0.717, 1.165) is 0 Å². The lowest BCUT2D eigenvalue weighted by atomic mass is 9.96. The number of aliphatic hydroxyl groups excluding tert-OH is 1. The summed E-state index contributed by atoms with van der Waals surface area (Å²) in [5.74, 6) is 0. The predicted molar refractivity (Wildman–Crippen MR) is 82.8 cm³/mol. The van der Waals surface area contributed by atoms with Crippen molar-refractivity contribution in [3.8, 4) is 11.1 Å². The van der Waals surface area contributed by atoms with Crippen LogP contribution in [-0.2, 0) is 6.42 Å². The first-order chi connectivity index (χ1) is 8.81. The van der Waals surface area contributed by atoms with E-state index in [9.17, 15) is 5.11 Å². The van der Waals surface area contributed by atoms with Gasteiger partial charge in [0.25, 0.3) is 0 Å². The van der Waals surface area contributed by atoms with Gasteiger partial charge in [-0.05, 0) is 23.7 Å². The first-order valence-electron chi connectivity index (χ1n) is 6.27. The van der Waals surface area contributed by atoms with Crippen LogP contribution >= 0.6 is 12.4 Å². The normalized spacial score (nSPS) is 11.7. The summed E-state index contributed by atoms with van der Waals surface area (Å²) in [4.78, 5) is 0. The van der Waals surface area contributed by atoms with Crippen LogP contribution in [0.5, 0.6) is 0 Å². The second-order valence-electron chi connectivity index (χ2n) is 4.44. The average Bonchev–Trinajstić information content (AvgIpc) is 2.40. The van der Waals surface area contributed by atoms with Crippen molar-refractivity contribution in [2.75, 3.05) is 13.6 Å². The molecule has 0 heterocycles. The highest BCUT2D eigenvalue weighted by molar-refractivity contribution is 5.85. The van der Waals surface area contributed by atoms with Gasteiger partial charge in [0, 0.05) is 13.0 Å². The number of likely N-dealkylation sites (N-methyl/N-ethyl adjacent to an activating group) is 1. The van der Waals surface area contributed by atoms with Crippen molar-refractivity contribution < 1.29 is 5.11 Å². The molecule has 0 aliphatic heterocycles. The number of hydrogen-bond donors (Lipinski definition) is 2. The molecule has 102 valence electrons. The van der Waals surface area contributed by atoms with E-state index in [2.05, 4.69) is 29.6 Å². The number of nitrogens with one attached hydrogen (secondary N) is 1. The number of rotatable bonds is 5. The van der Waals surface area contributed by atoms with Crippen LogP contribution in [0.25, 0.3) is 11.1 Å². The van der Waals surface area contributed by atoms with Gasteiger partial charge in [-0.2, -0.15) is 0 Å². The summed E-state index contributed by atoms with van der Waals surface area (Å²) in [6.07, 6.45) is 0.325. The Bertz CT molecular complexity index is 487. The summed E-state index contributed by atoms with van der Waals surface area (Å²) in [6.45, 7) is 0.614. The van der Waals surface area contributed by atoms with Crippen molar-refractivity contribution in [2.45, 2.75) is 12.5 Å². The summed E-state index contributed by atoms with van der Waals surface area (Å²) in [6, 6.07) is 18.5. The molecule has 0 aliphatic carbocycles. The molecule has 0 saturated carbocycles. The maximum Gasteiger partial charge on any atom is 0.0704 e. The second kappa shape index (κ2) is 7.95. The van der Waals surface area contributed by atoms with E-state index in [1.54, 1.807) is 0 Å². The molecule has 3 heteroatoms. The lowest BCUT2D eigenvalue weighted by Gasteiger charge is -2.14. The molecule has 0 amide bonds. The summed E-state index contributed by atoms with van der Waals surface area (Å²) < 4.78 is 0. The SMILES string of the molecule is CNC[C@@H](O)Cc1ccccc1-c1ccccc1.Cl. The van der Waals surface area contributed by atoms with Crippen molar-refractivity contribution in [3.05, 3.63) is 60.2 Å². The van der Waals surface area contributed by atoms with Gasteiger partial charge in [-0.25, -0.2) is 0 Å². The van der Waals surface area contributed by atoms with E-state index in [1.165, 1.54) is 16.7 Å². The van der Waals surface area contributed by atoms with Crippen molar-refractivity contribution in [1.29, 1.82) is 0 Å². The molecule has 0 fully saturated rings. The molecule has 0 bridgehead atoms. The maximum atomic E-state index is 9.91. The van der Waals surface area contributed by atoms with Gasteiger partial charge in [-0.15, -0.1) is 12.4 Å². The van der Waals surface area contributed by atoms with E-state index in [1.807, 2.05) is 37.4 Å². The minimum Gasteiger partial charge on any atom is -0.391 e. The summed E-state index contributed by atoms with van der Waals surface area (Å²) in [5, 5.41) is 12.9. The van der Waals surface area contributed by atoms with Gasteiger partial charge in [-0.3, -0.25) is 0 Å². The highest BCUT2D eigenvalue weighted by Crippen LogP contribution is 2.24. The van der Waals surface area contributed by atoms with E-state index in [0.29, 0.717) is 13.0 Å². The molecule has 0 saturated heterocycles. The highest BCUT2D eigenvalue weighted by Gasteiger charge is 2.09. The third-order valence-electron chi connectivity index (χ3n) is 3.00. The van der Waals surface area contributed by atoms with Crippen LogP contribution in [0.15, 0.2) is 54.6 Å². The van der Waals surface area contributed by atoms with Crippen molar-refractivity contribution >= 4 is 12.4 Å². The standard InChI is InChI=1S/C16H19NO.ClH/c1-17-12-15(18)11-14-9-5-6-10-16(14)13-7-3-2-4-8-13;/h2-10,15,17-18H,11-12H2,1H3;1H/t15-;/m0./s1. The smallest absolute Gasteiger partial charge is 0.0704 e. The van der Waals surface area contributed by atoms with Crippen LogP contribution in [0.3, 0.4) is 0 Å². The van der Waals surface area contributed by atoms with Crippen LogP contribution in [0.4, 0.5) is 0 Å². The molecule has 0 spiro atoms. The van der Waals surface area contributed by atoms with E-state index < -0.39 is 0 Å². The molecule has 2 nitrogen and oxygen atoms in total. The van der Waals surface area contributed by atoms with Crippen LogP contribution in [0, 0.1) is 0 Å². The van der Waals surface area contributed by atoms with Gasteiger partial charge in [-0.1, -0.05) is 54.6 Å². The Morgan fingerprint density at radius 1 is 1.00 bits per heavy atom. The Morgan fingerprint density at radius 2 is 1.63 bits per heavy atom. The third-order valence-corrected chi connectivity index (χ3v) is 3.00. The molecular formula is C16H20ClNO. The molecule has 0 aromatic heterocycles. The van der Waals surface area contributed by atoms with Crippen LogP contribution in [0.1, 0.15) is 5.56 Å². The minimum atomic E-state index is -0.347. The van der Waals surface area contributed by atoms with Gasteiger partial charge in [0.15, 0.2) is 0 Å². The molecule has 0 radical (unpaired) electrons. The third kappa shape index (κ3) is 4.35. The lowest BCUT2D eigenvalue weighted by Crippen LogP contribution is -2.25. The van der Waals surface area contributed by atoms with Crippen LogP contribution in [-0.4, -0.2) is 24.8 Å². The van der Waals surface area contributed by atoms with E-state index in [4.69, 9.17) is 0 Å². The largest absolute Gasteiger partial charge is 0.391 e. The Hall–Kier alpha value is -1.35. The Balaban J connectivity index is 0.00000180. The van der Waals surface area contributed by atoms with Crippen LogP contribution in [0.2, 0.25) is 0 Å². The van der Waals surface area contributed by atoms with Gasteiger partial charge < -0.3 is 10.4 Å². The Morgan fingerprint density at radius 3 is 2.32 bits per heavy atom.